The van der Waals surface area contributed by atoms with Crippen LogP contribution in [0, 0.1) is 17.2 Å². The molecule has 0 aliphatic heterocycles. The Bertz CT molecular complexity index is 999. The van der Waals surface area contributed by atoms with Gasteiger partial charge in [0.2, 0.25) is 0 Å². The van der Waals surface area contributed by atoms with E-state index in [2.05, 4.69) is 33.7 Å². The Morgan fingerprint density at radius 1 is 1.30 bits per heavy atom. The highest BCUT2D eigenvalue weighted by molar-refractivity contribution is 9.10. The number of thiophene rings is 1. The standard InChI is InChI=1S/C21H22BrN3O4S/c1-3-28-16-8-13(10-23)7-15(22)20(16)29-11-19(26)24-25-21(27)18-9-14-6-12(2)4-5-17(14)30-18/h7-9,12H,3-6,11H2,1-2H3,(H,24,26)(H,25,27). The molecule has 0 saturated carbocycles. The summed E-state index contributed by atoms with van der Waals surface area (Å²) in [6.07, 6.45) is 3.12. The predicted molar refractivity (Wildman–Crippen MR) is 117 cm³/mol. The Balaban J connectivity index is 1.55. The molecule has 158 valence electrons. The van der Waals surface area contributed by atoms with Crippen molar-refractivity contribution in [1.29, 1.82) is 5.26 Å². The molecule has 0 spiro atoms. The highest BCUT2D eigenvalue weighted by atomic mass is 79.9. The summed E-state index contributed by atoms with van der Waals surface area (Å²) >= 11 is 4.80. The van der Waals surface area contributed by atoms with E-state index in [4.69, 9.17) is 14.7 Å². The molecule has 3 rings (SSSR count). The van der Waals surface area contributed by atoms with Crippen LogP contribution in [0.2, 0.25) is 0 Å². The number of carbonyl (C=O) groups excluding carboxylic acids is 2. The number of rotatable bonds is 6. The third kappa shape index (κ3) is 5.32. The first kappa shape index (κ1) is 22.1. The van der Waals surface area contributed by atoms with Gasteiger partial charge >= 0.3 is 0 Å². The molecule has 1 aliphatic rings. The summed E-state index contributed by atoms with van der Waals surface area (Å²) in [5.74, 6) is 0.445. The van der Waals surface area contributed by atoms with E-state index < -0.39 is 5.91 Å². The molecule has 1 aromatic heterocycles. The number of nitrogens with one attached hydrogen (secondary N) is 2. The first-order chi connectivity index (χ1) is 14.4. The van der Waals surface area contributed by atoms with Crippen LogP contribution in [0.25, 0.3) is 0 Å². The van der Waals surface area contributed by atoms with E-state index in [1.54, 1.807) is 12.1 Å². The molecule has 1 heterocycles. The molecule has 1 aliphatic carbocycles. The largest absolute Gasteiger partial charge is 0.490 e. The average Bonchev–Trinajstić information content (AvgIpc) is 3.14. The summed E-state index contributed by atoms with van der Waals surface area (Å²) < 4.78 is 11.5. The van der Waals surface area contributed by atoms with Crippen molar-refractivity contribution in [2.24, 2.45) is 5.92 Å². The fourth-order valence-corrected chi connectivity index (χ4v) is 4.88. The van der Waals surface area contributed by atoms with Crippen LogP contribution in [0.5, 0.6) is 11.5 Å². The lowest BCUT2D eigenvalue weighted by Crippen LogP contribution is -2.43. The zero-order valence-electron chi connectivity index (χ0n) is 16.7. The van der Waals surface area contributed by atoms with Gasteiger partial charge in [0.25, 0.3) is 11.8 Å². The van der Waals surface area contributed by atoms with Crippen molar-refractivity contribution in [3.05, 3.63) is 43.6 Å². The van der Waals surface area contributed by atoms with Gasteiger partial charge in [-0.25, -0.2) is 0 Å². The molecular weight excluding hydrogens is 470 g/mol. The maximum atomic E-state index is 12.4. The molecule has 2 N–H and O–H groups in total. The number of fused-ring (bicyclic) bond motifs is 1. The topological polar surface area (TPSA) is 100 Å². The molecule has 1 atom stereocenters. The monoisotopic (exact) mass is 491 g/mol. The Hall–Kier alpha value is -2.57. The number of nitriles is 1. The van der Waals surface area contributed by atoms with Crippen LogP contribution in [0.15, 0.2) is 22.7 Å². The third-order valence-electron chi connectivity index (χ3n) is 4.65. The Morgan fingerprint density at radius 2 is 2.10 bits per heavy atom. The molecule has 1 aromatic carbocycles. The minimum Gasteiger partial charge on any atom is -0.490 e. The predicted octanol–water partition coefficient (Wildman–Crippen LogP) is 3.75. The molecule has 0 bridgehead atoms. The van der Waals surface area contributed by atoms with Crippen molar-refractivity contribution in [1.82, 2.24) is 10.9 Å². The van der Waals surface area contributed by atoms with Crippen LogP contribution in [0.1, 0.15) is 45.9 Å². The number of hydrazine groups is 1. The van der Waals surface area contributed by atoms with Gasteiger partial charge in [0.15, 0.2) is 18.1 Å². The zero-order valence-corrected chi connectivity index (χ0v) is 19.1. The maximum Gasteiger partial charge on any atom is 0.279 e. The van der Waals surface area contributed by atoms with E-state index in [1.807, 2.05) is 19.1 Å². The van der Waals surface area contributed by atoms with E-state index in [9.17, 15) is 9.59 Å². The van der Waals surface area contributed by atoms with Crippen LogP contribution in [0.3, 0.4) is 0 Å². The number of halogens is 1. The van der Waals surface area contributed by atoms with Crippen molar-refractivity contribution in [3.8, 4) is 17.6 Å². The zero-order chi connectivity index (χ0) is 21.7. The fourth-order valence-electron chi connectivity index (χ4n) is 3.22. The highest BCUT2D eigenvalue weighted by Gasteiger charge is 2.21. The molecule has 30 heavy (non-hydrogen) atoms. The number of hydrogen-bond acceptors (Lipinski definition) is 6. The molecule has 0 saturated heterocycles. The summed E-state index contributed by atoms with van der Waals surface area (Å²) in [5.41, 5.74) is 6.44. The lowest BCUT2D eigenvalue weighted by molar-refractivity contribution is -0.123. The van der Waals surface area contributed by atoms with Crippen molar-refractivity contribution in [3.63, 3.8) is 0 Å². The molecule has 0 radical (unpaired) electrons. The summed E-state index contributed by atoms with van der Waals surface area (Å²) in [6.45, 7) is 4.07. The second kappa shape index (κ2) is 9.96. The number of carbonyl (C=O) groups is 2. The first-order valence-corrected chi connectivity index (χ1v) is 11.2. The molecule has 2 amide bonds. The van der Waals surface area contributed by atoms with Gasteiger partial charge in [-0.15, -0.1) is 11.3 Å². The van der Waals surface area contributed by atoms with Crippen LogP contribution in [-0.2, 0) is 17.6 Å². The van der Waals surface area contributed by atoms with Crippen molar-refractivity contribution in [2.75, 3.05) is 13.2 Å². The van der Waals surface area contributed by atoms with Gasteiger partial charge in [-0.1, -0.05) is 6.92 Å². The molecule has 0 fully saturated rings. The van der Waals surface area contributed by atoms with Gasteiger partial charge in [0.1, 0.15) is 0 Å². The maximum absolute atomic E-state index is 12.4. The number of nitrogens with zero attached hydrogens (tertiary/aromatic N) is 1. The van der Waals surface area contributed by atoms with Crippen molar-refractivity contribution >= 4 is 39.1 Å². The van der Waals surface area contributed by atoms with Crippen LogP contribution >= 0.6 is 27.3 Å². The summed E-state index contributed by atoms with van der Waals surface area (Å²) in [5, 5.41) is 9.08. The lowest BCUT2D eigenvalue weighted by atomic mass is 9.90. The summed E-state index contributed by atoms with van der Waals surface area (Å²) in [6, 6.07) is 7.07. The number of hydrogen-bond donors (Lipinski definition) is 2. The molecule has 7 nitrogen and oxygen atoms in total. The van der Waals surface area contributed by atoms with Gasteiger partial charge in [-0.2, -0.15) is 5.26 Å². The van der Waals surface area contributed by atoms with E-state index in [-0.39, 0.29) is 12.5 Å². The van der Waals surface area contributed by atoms with E-state index in [0.717, 1.165) is 19.3 Å². The van der Waals surface area contributed by atoms with Crippen LogP contribution in [0.4, 0.5) is 0 Å². The first-order valence-electron chi connectivity index (χ1n) is 9.61. The quantitative estimate of drug-likeness (QED) is 0.599. The van der Waals surface area contributed by atoms with Gasteiger partial charge in [0.05, 0.1) is 27.6 Å². The minimum atomic E-state index is -0.517. The highest BCUT2D eigenvalue weighted by Crippen LogP contribution is 2.36. The summed E-state index contributed by atoms with van der Waals surface area (Å²) in [4.78, 5) is 26.3. The Kier molecular flexibility index (Phi) is 7.34. The van der Waals surface area contributed by atoms with Crippen molar-refractivity contribution in [2.45, 2.75) is 33.1 Å². The smallest absolute Gasteiger partial charge is 0.279 e. The minimum absolute atomic E-state index is 0.317. The third-order valence-corrected chi connectivity index (χ3v) is 6.48. The number of benzene rings is 1. The number of ether oxygens (including phenoxy) is 2. The van der Waals surface area contributed by atoms with Gasteiger partial charge in [-0.05, 0) is 65.7 Å². The van der Waals surface area contributed by atoms with Gasteiger partial charge in [-0.3, -0.25) is 20.4 Å². The van der Waals surface area contributed by atoms with Crippen molar-refractivity contribution < 1.29 is 19.1 Å². The normalized spacial score (nSPS) is 14.9. The molecule has 2 aromatic rings. The molecule has 1 unspecified atom stereocenters. The summed E-state index contributed by atoms with van der Waals surface area (Å²) in [7, 11) is 0. The lowest BCUT2D eigenvalue weighted by Gasteiger charge is -2.16. The van der Waals surface area contributed by atoms with Gasteiger partial charge < -0.3 is 9.47 Å². The average molecular weight is 492 g/mol. The SMILES string of the molecule is CCOc1cc(C#N)cc(Br)c1OCC(=O)NNC(=O)c1cc2c(s1)CCC(C)C2. The molecule has 9 heteroatoms. The second-order valence-electron chi connectivity index (χ2n) is 7.03. The van der Waals surface area contributed by atoms with Crippen LogP contribution < -0.4 is 20.3 Å². The second-order valence-corrected chi connectivity index (χ2v) is 9.02. The van der Waals surface area contributed by atoms with E-state index >= 15 is 0 Å². The number of aryl methyl sites for hydroxylation is 1. The van der Waals surface area contributed by atoms with Crippen LogP contribution in [-0.4, -0.2) is 25.0 Å². The fraction of sp³-hybridized carbons (Fsp3) is 0.381. The Labute approximate surface area is 187 Å². The Morgan fingerprint density at radius 3 is 2.83 bits per heavy atom. The molecular formula is C21H22BrN3O4S. The number of amides is 2. The van der Waals surface area contributed by atoms with E-state index in [1.165, 1.54) is 21.8 Å². The van der Waals surface area contributed by atoms with Gasteiger partial charge in [0, 0.05) is 10.9 Å². The van der Waals surface area contributed by atoms with E-state index in [0.29, 0.717) is 38.9 Å².